The molecule has 0 aliphatic heterocycles. The lowest BCUT2D eigenvalue weighted by Gasteiger charge is -2.11. The number of benzene rings is 1. The Balaban J connectivity index is 2.27. The van der Waals surface area contributed by atoms with E-state index in [0.717, 1.165) is 52.3 Å². The van der Waals surface area contributed by atoms with Crippen LogP contribution in [0.1, 0.15) is 34.9 Å². The average molecular weight is 315 g/mol. The lowest BCUT2D eigenvalue weighted by molar-refractivity contribution is 0.414. The van der Waals surface area contributed by atoms with Gasteiger partial charge in [0.05, 0.1) is 7.11 Å². The SMILES string of the molecule is CCc1cnc(C#N)c(CCc2cc(OC)cc(C)c2Cl)c1. The maximum atomic E-state index is 9.20. The monoisotopic (exact) mass is 314 g/mol. The van der Waals surface area contributed by atoms with Gasteiger partial charge in [0.2, 0.25) is 0 Å². The van der Waals surface area contributed by atoms with Gasteiger partial charge in [-0.05, 0) is 60.6 Å². The molecule has 0 unspecified atom stereocenters. The molecule has 0 saturated heterocycles. The van der Waals surface area contributed by atoms with Crippen LogP contribution in [0.3, 0.4) is 0 Å². The fraction of sp³-hybridized carbons (Fsp3) is 0.333. The number of aryl methyl sites for hydroxylation is 4. The van der Waals surface area contributed by atoms with Crippen LogP contribution in [0.2, 0.25) is 5.02 Å². The van der Waals surface area contributed by atoms with Crippen molar-refractivity contribution in [1.29, 1.82) is 5.26 Å². The molecule has 0 spiro atoms. The van der Waals surface area contributed by atoms with Gasteiger partial charge in [-0.25, -0.2) is 4.98 Å². The first-order chi connectivity index (χ1) is 10.6. The summed E-state index contributed by atoms with van der Waals surface area (Å²) in [6.07, 6.45) is 4.16. The minimum Gasteiger partial charge on any atom is -0.497 e. The van der Waals surface area contributed by atoms with Crippen LogP contribution >= 0.6 is 11.6 Å². The summed E-state index contributed by atoms with van der Waals surface area (Å²) in [5.41, 5.74) is 4.63. The van der Waals surface area contributed by atoms with Crippen molar-refractivity contribution in [2.45, 2.75) is 33.1 Å². The van der Waals surface area contributed by atoms with Crippen LogP contribution in [0.15, 0.2) is 24.4 Å². The lowest BCUT2D eigenvalue weighted by atomic mass is 10.00. The van der Waals surface area contributed by atoms with Crippen molar-refractivity contribution in [3.63, 3.8) is 0 Å². The normalized spacial score (nSPS) is 10.3. The molecule has 22 heavy (non-hydrogen) atoms. The highest BCUT2D eigenvalue weighted by molar-refractivity contribution is 6.32. The Morgan fingerprint density at radius 1 is 1.23 bits per heavy atom. The van der Waals surface area contributed by atoms with Gasteiger partial charge in [-0.1, -0.05) is 24.6 Å². The maximum absolute atomic E-state index is 9.20. The Morgan fingerprint density at radius 2 is 1.95 bits per heavy atom. The van der Waals surface area contributed by atoms with Gasteiger partial charge in [0.1, 0.15) is 17.5 Å². The van der Waals surface area contributed by atoms with Crippen molar-refractivity contribution in [3.8, 4) is 11.8 Å². The van der Waals surface area contributed by atoms with Gasteiger partial charge in [-0.15, -0.1) is 0 Å². The van der Waals surface area contributed by atoms with E-state index < -0.39 is 0 Å². The van der Waals surface area contributed by atoms with E-state index in [1.165, 1.54) is 0 Å². The molecule has 0 saturated carbocycles. The largest absolute Gasteiger partial charge is 0.497 e. The Morgan fingerprint density at radius 3 is 2.59 bits per heavy atom. The molecule has 1 aromatic carbocycles. The summed E-state index contributed by atoms with van der Waals surface area (Å²) in [6, 6.07) is 8.10. The van der Waals surface area contributed by atoms with Crippen LogP contribution in [-0.2, 0) is 19.3 Å². The number of aromatic nitrogens is 1. The predicted octanol–water partition coefficient (Wildman–Crippen LogP) is 4.27. The zero-order valence-corrected chi connectivity index (χ0v) is 13.9. The molecule has 2 rings (SSSR count). The topological polar surface area (TPSA) is 45.9 Å². The first-order valence-electron chi connectivity index (χ1n) is 7.30. The van der Waals surface area contributed by atoms with Gasteiger partial charge in [-0.3, -0.25) is 0 Å². The third-order valence-electron chi connectivity index (χ3n) is 3.74. The lowest BCUT2D eigenvalue weighted by Crippen LogP contribution is -2.00. The van der Waals surface area contributed by atoms with E-state index in [1.807, 2.05) is 19.1 Å². The van der Waals surface area contributed by atoms with Crippen molar-refractivity contribution in [2.24, 2.45) is 0 Å². The molecule has 0 bridgehead atoms. The Labute approximate surface area is 136 Å². The Bertz CT molecular complexity index is 720. The fourth-order valence-electron chi connectivity index (χ4n) is 2.42. The summed E-state index contributed by atoms with van der Waals surface area (Å²) in [4.78, 5) is 4.24. The zero-order valence-electron chi connectivity index (χ0n) is 13.1. The molecule has 2 aromatic rings. The van der Waals surface area contributed by atoms with Crippen molar-refractivity contribution in [3.05, 3.63) is 57.4 Å². The van der Waals surface area contributed by atoms with Gasteiger partial charge >= 0.3 is 0 Å². The summed E-state index contributed by atoms with van der Waals surface area (Å²) < 4.78 is 5.30. The molecule has 0 amide bonds. The van der Waals surface area contributed by atoms with Crippen molar-refractivity contribution in [1.82, 2.24) is 4.98 Å². The third-order valence-corrected chi connectivity index (χ3v) is 4.28. The molecule has 0 fully saturated rings. The third kappa shape index (κ3) is 3.58. The van der Waals surface area contributed by atoms with Crippen LogP contribution in [0.25, 0.3) is 0 Å². The quantitative estimate of drug-likeness (QED) is 0.828. The van der Waals surface area contributed by atoms with Gasteiger partial charge in [0.15, 0.2) is 0 Å². The molecule has 0 radical (unpaired) electrons. The summed E-state index contributed by atoms with van der Waals surface area (Å²) >= 11 is 6.38. The van der Waals surface area contributed by atoms with Gasteiger partial charge in [0, 0.05) is 11.2 Å². The minimum absolute atomic E-state index is 0.493. The van der Waals surface area contributed by atoms with Crippen LogP contribution in [-0.4, -0.2) is 12.1 Å². The number of rotatable bonds is 5. The number of halogens is 1. The molecule has 114 valence electrons. The Hall–Kier alpha value is -2.05. The van der Waals surface area contributed by atoms with Crippen LogP contribution in [0.5, 0.6) is 5.75 Å². The summed E-state index contributed by atoms with van der Waals surface area (Å²) in [6.45, 7) is 4.05. The highest BCUT2D eigenvalue weighted by Gasteiger charge is 2.10. The van der Waals surface area contributed by atoms with E-state index in [9.17, 15) is 5.26 Å². The van der Waals surface area contributed by atoms with Gasteiger partial charge in [0.25, 0.3) is 0 Å². The van der Waals surface area contributed by atoms with Crippen molar-refractivity contribution >= 4 is 11.6 Å². The average Bonchev–Trinajstić information content (AvgIpc) is 2.55. The van der Waals surface area contributed by atoms with Crippen LogP contribution in [0, 0.1) is 18.3 Å². The second kappa shape index (κ2) is 7.29. The number of pyridine rings is 1. The zero-order chi connectivity index (χ0) is 16.1. The first kappa shape index (κ1) is 16.3. The number of hydrogen-bond donors (Lipinski definition) is 0. The van der Waals surface area contributed by atoms with Gasteiger partial charge in [-0.2, -0.15) is 5.26 Å². The fourth-order valence-corrected chi connectivity index (χ4v) is 2.62. The molecular formula is C18H19ClN2O. The standard InChI is InChI=1S/C18H19ClN2O/c1-4-13-8-14(17(10-20)21-11-13)5-6-15-9-16(22-3)7-12(2)18(15)19/h7-9,11H,4-6H2,1-3H3. The highest BCUT2D eigenvalue weighted by Crippen LogP contribution is 2.28. The molecule has 0 aliphatic carbocycles. The smallest absolute Gasteiger partial charge is 0.143 e. The molecule has 0 N–H and O–H groups in total. The molecule has 0 aliphatic rings. The maximum Gasteiger partial charge on any atom is 0.143 e. The van der Waals surface area contributed by atoms with E-state index in [1.54, 1.807) is 13.3 Å². The number of methoxy groups -OCH3 is 1. The molecule has 4 heteroatoms. The molecule has 3 nitrogen and oxygen atoms in total. The predicted molar refractivity (Wildman–Crippen MR) is 88.5 cm³/mol. The second-order valence-corrected chi connectivity index (χ2v) is 5.61. The number of hydrogen-bond acceptors (Lipinski definition) is 3. The first-order valence-corrected chi connectivity index (χ1v) is 7.67. The Kier molecular flexibility index (Phi) is 5.41. The van der Waals surface area contributed by atoms with E-state index in [0.29, 0.717) is 5.69 Å². The van der Waals surface area contributed by atoms with Gasteiger partial charge < -0.3 is 4.74 Å². The number of nitrogens with zero attached hydrogens (tertiary/aromatic N) is 2. The van der Waals surface area contributed by atoms with E-state index in [4.69, 9.17) is 16.3 Å². The highest BCUT2D eigenvalue weighted by atomic mass is 35.5. The summed E-state index contributed by atoms with van der Waals surface area (Å²) in [5.74, 6) is 0.804. The molecule has 1 aromatic heterocycles. The van der Waals surface area contributed by atoms with Crippen molar-refractivity contribution in [2.75, 3.05) is 7.11 Å². The number of nitriles is 1. The van der Waals surface area contributed by atoms with Crippen LogP contribution < -0.4 is 4.74 Å². The summed E-state index contributed by atoms with van der Waals surface area (Å²) in [7, 11) is 1.65. The minimum atomic E-state index is 0.493. The number of ether oxygens (including phenoxy) is 1. The van der Waals surface area contributed by atoms with E-state index in [2.05, 4.69) is 24.0 Å². The second-order valence-electron chi connectivity index (χ2n) is 5.23. The van der Waals surface area contributed by atoms with Crippen LogP contribution in [0.4, 0.5) is 0 Å². The van der Waals surface area contributed by atoms with E-state index >= 15 is 0 Å². The van der Waals surface area contributed by atoms with E-state index in [-0.39, 0.29) is 0 Å². The van der Waals surface area contributed by atoms with Crippen molar-refractivity contribution < 1.29 is 4.74 Å². The molecular weight excluding hydrogens is 296 g/mol. The summed E-state index contributed by atoms with van der Waals surface area (Å²) in [5, 5.41) is 9.96. The molecule has 0 atom stereocenters. The molecule has 1 heterocycles.